The van der Waals surface area contributed by atoms with E-state index in [1.807, 2.05) is 27.7 Å². The monoisotopic (exact) mass is 251 g/mol. The van der Waals surface area contributed by atoms with Gasteiger partial charge in [0.2, 0.25) is 0 Å². The van der Waals surface area contributed by atoms with E-state index >= 15 is 0 Å². The third-order valence-corrected chi connectivity index (χ3v) is 2.27. The van der Waals surface area contributed by atoms with Crippen LogP contribution in [0.5, 0.6) is 0 Å². The number of rotatable bonds is 5. The van der Waals surface area contributed by atoms with Gasteiger partial charge in [0.05, 0.1) is 12.1 Å². The molecule has 0 saturated heterocycles. The molecule has 0 radical (unpaired) electrons. The predicted octanol–water partition coefficient (Wildman–Crippen LogP) is 3.37. The Morgan fingerprint density at radius 1 is 1.61 bits per heavy atom. The van der Waals surface area contributed by atoms with Gasteiger partial charge in [0.1, 0.15) is 11.9 Å². The first-order chi connectivity index (χ1) is 8.31. The number of esters is 1. The normalized spacial score (nSPS) is 13.1. The molecule has 18 heavy (non-hydrogen) atoms. The molecule has 1 heterocycles. The van der Waals surface area contributed by atoms with Crippen LogP contribution >= 0.6 is 0 Å². The lowest BCUT2D eigenvalue weighted by atomic mass is 10.0. The molecule has 4 nitrogen and oxygen atoms in total. The Balaban J connectivity index is 2.69. The van der Waals surface area contributed by atoms with Crippen LogP contribution in [0.3, 0.4) is 0 Å². The predicted molar refractivity (Wildman–Crippen MR) is 69.3 cm³/mol. The van der Waals surface area contributed by atoms with E-state index in [1.165, 1.54) is 0 Å². The van der Waals surface area contributed by atoms with Crippen molar-refractivity contribution in [2.24, 2.45) is 0 Å². The second-order valence-electron chi connectivity index (χ2n) is 5.34. The molecule has 100 valence electrons. The minimum absolute atomic E-state index is 0.106. The van der Waals surface area contributed by atoms with Gasteiger partial charge in [-0.2, -0.15) is 0 Å². The molecular formula is C14H21NO3. The van der Waals surface area contributed by atoms with Crippen molar-refractivity contribution in [1.29, 1.82) is 0 Å². The summed E-state index contributed by atoms with van der Waals surface area (Å²) in [5.41, 5.74) is 0.339. The van der Waals surface area contributed by atoms with Crippen molar-refractivity contribution in [2.45, 2.75) is 52.1 Å². The van der Waals surface area contributed by atoms with E-state index in [2.05, 4.69) is 11.6 Å². The molecular weight excluding hydrogens is 230 g/mol. The number of aryl methyl sites for hydroxylation is 1. The van der Waals surface area contributed by atoms with Gasteiger partial charge in [-0.1, -0.05) is 6.08 Å². The SMILES string of the molecule is C=CC[C@H](CC(=O)OC(C)(C)C)c1nc(C)co1. The number of aromatic nitrogens is 1. The summed E-state index contributed by atoms with van der Waals surface area (Å²) in [5, 5.41) is 0. The number of carbonyl (C=O) groups is 1. The Labute approximate surface area is 108 Å². The Morgan fingerprint density at radius 2 is 2.28 bits per heavy atom. The Hall–Kier alpha value is -1.58. The second kappa shape index (κ2) is 5.85. The molecule has 0 aliphatic heterocycles. The van der Waals surface area contributed by atoms with E-state index in [1.54, 1.807) is 12.3 Å². The van der Waals surface area contributed by atoms with Gasteiger partial charge in [-0.25, -0.2) is 4.98 Å². The van der Waals surface area contributed by atoms with Crippen molar-refractivity contribution >= 4 is 5.97 Å². The molecule has 1 aromatic heterocycles. The van der Waals surface area contributed by atoms with Crippen LogP contribution in [0.4, 0.5) is 0 Å². The lowest BCUT2D eigenvalue weighted by Crippen LogP contribution is -2.25. The molecule has 0 amide bonds. The lowest BCUT2D eigenvalue weighted by Gasteiger charge is -2.20. The number of oxazole rings is 1. The van der Waals surface area contributed by atoms with Gasteiger partial charge in [0, 0.05) is 5.92 Å². The van der Waals surface area contributed by atoms with Gasteiger partial charge >= 0.3 is 5.97 Å². The zero-order chi connectivity index (χ0) is 13.8. The summed E-state index contributed by atoms with van der Waals surface area (Å²) in [6.07, 6.45) is 4.23. The fourth-order valence-corrected chi connectivity index (χ4v) is 1.62. The number of hydrogen-bond acceptors (Lipinski definition) is 4. The molecule has 1 atom stereocenters. The fraction of sp³-hybridized carbons (Fsp3) is 0.571. The molecule has 0 aliphatic carbocycles. The summed E-state index contributed by atoms with van der Waals surface area (Å²) < 4.78 is 10.6. The van der Waals surface area contributed by atoms with Crippen LogP contribution in [0.1, 0.15) is 51.1 Å². The molecule has 0 unspecified atom stereocenters. The van der Waals surface area contributed by atoms with Crippen LogP contribution in [-0.4, -0.2) is 16.6 Å². The zero-order valence-electron chi connectivity index (χ0n) is 11.5. The molecule has 0 aliphatic rings. The number of allylic oxidation sites excluding steroid dienone is 1. The maximum atomic E-state index is 11.8. The minimum Gasteiger partial charge on any atom is -0.460 e. The number of ether oxygens (including phenoxy) is 1. The summed E-state index contributed by atoms with van der Waals surface area (Å²) >= 11 is 0. The molecule has 4 heteroatoms. The average Bonchev–Trinajstić information content (AvgIpc) is 2.61. The van der Waals surface area contributed by atoms with Crippen molar-refractivity contribution in [2.75, 3.05) is 0 Å². The quantitative estimate of drug-likeness (QED) is 0.594. The van der Waals surface area contributed by atoms with Crippen LogP contribution < -0.4 is 0 Å². The first-order valence-electron chi connectivity index (χ1n) is 6.06. The number of carbonyl (C=O) groups excluding carboxylic acids is 1. The number of hydrogen-bond donors (Lipinski definition) is 0. The van der Waals surface area contributed by atoms with Crippen molar-refractivity contribution in [1.82, 2.24) is 4.98 Å². The fourth-order valence-electron chi connectivity index (χ4n) is 1.62. The van der Waals surface area contributed by atoms with Crippen molar-refractivity contribution < 1.29 is 13.9 Å². The van der Waals surface area contributed by atoms with Crippen LogP contribution in [0.15, 0.2) is 23.3 Å². The number of nitrogens with zero attached hydrogens (tertiary/aromatic N) is 1. The lowest BCUT2D eigenvalue weighted by molar-refractivity contribution is -0.155. The smallest absolute Gasteiger partial charge is 0.307 e. The highest BCUT2D eigenvalue weighted by atomic mass is 16.6. The summed E-state index contributed by atoms with van der Waals surface area (Å²) in [5.74, 6) is 0.217. The summed E-state index contributed by atoms with van der Waals surface area (Å²) in [6, 6.07) is 0. The Kier molecular flexibility index (Phi) is 4.70. The molecule has 0 fully saturated rings. The maximum Gasteiger partial charge on any atom is 0.307 e. The van der Waals surface area contributed by atoms with Crippen molar-refractivity contribution in [3.8, 4) is 0 Å². The highest BCUT2D eigenvalue weighted by Gasteiger charge is 2.23. The van der Waals surface area contributed by atoms with Gasteiger partial charge in [-0.15, -0.1) is 6.58 Å². The molecule has 0 saturated carbocycles. The van der Waals surface area contributed by atoms with E-state index < -0.39 is 5.60 Å². The molecule has 0 bridgehead atoms. The third kappa shape index (κ3) is 4.73. The van der Waals surface area contributed by atoms with Crippen LogP contribution in [0.25, 0.3) is 0 Å². The molecule has 1 aromatic rings. The highest BCUT2D eigenvalue weighted by Crippen LogP contribution is 2.24. The molecule has 0 N–H and O–H groups in total. The summed E-state index contributed by atoms with van der Waals surface area (Å²) in [4.78, 5) is 16.1. The average molecular weight is 251 g/mol. The van der Waals surface area contributed by atoms with Crippen LogP contribution in [-0.2, 0) is 9.53 Å². The van der Waals surface area contributed by atoms with Gasteiger partial charge in [0.15, 0.2) is 5.89 Å². The molecule has 0 spiro atoms. The van der Waals surface area contributed by atoms with E-state index in [0.717, 1.165) is 5.69 Å². The third-order valence-electron chi connectivity index (χ3n) is 2.27. The van der Waals surface area contributed by atoms with Crippen LogP contribution in [0, 0.1) is 6.92 Å². The topological polar surface area (TPSA) is 52.3 Å². The molecule has 0 aromatic carbocycles. The molecule has 1 rings (SSSR count). The summed E-state index contributed by atoms with van der Waals surface area (Å²) in [6.45, 7) is 11.1. The standard InChI is InChI=1S/C14H21NO3/c1-6-7-11(13-15-10(2)9-17-13)8-12(16)18-14(3,4)5/h6,9,11H,1,7-8H2,2-5H3/t11-/m1/s1. The van der Waals surface area contributed by atoms with E-state index in [0.29, 0.717) is 12.3 Å². The zero-order valence-corrected chi connectivity index (χ0v) is 11.5. The van der Waals surface area contributed by atoms with Gasteiger partial charge < -0.3 is 9.15 Å². The van der Waals surface area contributed by atoms with Gasteiger partial charge in [0.25, 0.3) is 0 Å². The van der Waals surface area contributed by atoms with E-state index in [9.17, 15) is 4.79 Å². The Morgan fingerprint density at radius 3 is 2.72 bits per heavy atom. The minimum atomic E-state index is -0.470. The first-order valence-corrected chi connectivity index (χ1v) is 6.06. The van der Waals surface area contributed by atoms with Crippen LogP contribution in [0.2, 0.25) is 0 Å². The van der Waals surface area contributed by atoms with Crippen molar-refractivity contribution in [3.05, 3.63) is 30.5 Å². The van der Waals surface area contributed by atoms with E-state index in [-0.39, 0.29) is 18.3 Å². The highest BCUT2D eigenvalue weighted by molar-refractivity contribution is 5.70. The largest absolute Gasteiger partial charge is 0.460 e. The summed E-state index contributed by atoms with van der Waals surface area (Å²) in [7, 11) is 0. The van der Waals surface area contributed by atoms with Crippen molar-refractivity contribution in [3.63, 3.8) is 0 Å². The Bertz CT molecular complexity index is 415. The van der Waals surface area contributed by atoms with E-state index in [4.69, 9.17) is 9.15 Å². The first kappa shape index (κ1) is 14.5. The second-order valence-corrected chi connectivity index (χ2v) is 5.34. The van der Waals surface area contributed by atoms with Gasteiger partial charge in [-0.3, -0.25) is 4.79 Å². The van der Waals surface area contributed by atoms with Gasteiger partial charge in [-0.05, 0) is 34.1 Å². The maximum absolute atomic E-state index is 11.8.